The summed E-state index contributed by atoms with van der Waals surface area (Å²) in [5.74, 6) is -0.211. The summed E-state index contributed by atoms with van der Waals surface area (Å²) in [4.78, 5) is 26.2. The number of benzene rings is 1. The number of halogens is 2. The Morgan fingerprint density at radius 3 is 2.67 bits per heavy atom. The molecule has 0 bridgehead atoms. The number of amides is 1. The lowest BCUT2D eigenvalue weighted by atomic mass is 9.97. The van der Waals surface area contributed by atoms with Crippen molar-refractivity contribution in [3.8, 4) is 0 Å². The average Bonchev–Trinajstić information content (AvgIpc) is 2.98. The summed E-state index contributed by atoms with van der Waals surface area (Å²) >= 11 is 5.35. The molecule has 2 aromatic rings. The number of carbonyl (C=O) groups excluding carboxylic acids is 1. The fourth-order valence-corrected chi connectivity index (χ4v) is 5.23. The van der Waals surface area contributed by atoms with E-state index in [1.54, 1.807) is 11.3 Å². The molecule has 1 aromatic heterocycles. The Labute approximate surface area is 176 Å². The van der Waals surface area contributed by atoms with Crippen LogP contribution < -0.4 is 5.32 Å². The second kappa shape index (κ2) is 9.14. The van der Waals surface area contributed by atoms with Gasteiger partial charge in [0.2, 0.25) is 0 Å². The topological polar surface area (TPSA) is 75.5 Å². The number of hydrogen-bond donors (Lipinski definition) is 1. The molecule has 3 rings (SSSR count). The molecule has 9 heteroatoms. The first-order valence-electron chi connectivity index (χ1n) is 8.43. The number of hydrogen-bond acceptors (Lipinski definition) is 5. The number of rotatable bonds is 5. The molecule has 1 amide bonds. The van der Waals surface area contributed by atoms with E-state index in [-0.39, 0.29) is 24.0 Å². The summed E-state index contributed by atoms with van der Waals surface area (Å²) in [5.41, 5.74) is 1.82. The van der Waals surface area contributed by atoms with Gasteiger partial charge in [-0.2, -0.15) is 0 Å². The SMILES string of the molecule is C[C@@H]1Cc2cc(Br)sc2[C@H](C)N1CCNC(=O)c1ccc([N+](=O)[O-])cc1.Cl. The van der Waals surface area contributed by atoms with Crippen molar-refractivity contribution in [1.29, 1.82) is 0 Å². The lowest BCUT2D eigenvalue weighted by molar-refractivity contribution is -0.384. The van der Waals surface area contributed by atoms with Crippen LogP contribution in [0.25, 0.3) is 0 Å². The first kappa shape index (κ1) is 21.8. The zero-order chi connectivity index (χ0) is 18.8. The van der Waals surface area contributed by atoms with Gasteiger partial charge in [-0.1, -0.05) is 0 Å². The second-order valence-corrected chi connectivity index (χ2v) is 8.93. The van der Waals surface area contributed by atoms with Crippen LogP contribution in [-0.2, 0) is 6.42 Å². The highest BCUT2D eigenvalue weighted by atomic mass is 79.9. The van der Waals surface area contributed by atoms with E-state index in [1.807, 2.05) is 0 Å². The third kappa shape index (κ3) is 4.87. The second-order valence-electron chi connectivity index (χ2n) is 6.47. The molecular formula is C18H21BrClN3O3S. The van der Waals surface area contributed by atoms with Crippen molar-refractivity contribution in [3.05, 3.63) is 60.2 Å². The summed E-state index contributed by atoms with van der Waals surface area (Å²) in [6.45, 7) is 5.71. The summed E-state index contributed by atoms with van der Waals surface area (Å²) in [6, 6.07) is 8.60. The van der Waals surface area contributed by atoms with Gasteiger partial charge in [0.25, 0.3) is 11.6 Å². The van der Waals surface area contributed by atoms with Gasteiger partial charge in [-0.15, -0.1) is 23.7 Å². The fourth-order valence-electron chi connectivity index (χ4n) is 3.44. The van der Waals surface area contributed by atoms with E-state index in [2.05, 4.69) is 46.1 Å². The number of thiophene rings is 1. The number of non-ortho nitro benzene ring substituents is 1. The third-order valence-corrected chi connectivity index (χ3v) is 6.62. The van der Waals surface area contributed by atoms with Crippen molar-refractivity contribution in [2.45, 2.75) is 32.4 Å². The number of carbonyl (C=O) groups is 1. The molecule has 146 valence electrons. The van der Waals surface area contributed by atoms with Gasteiger partial charge in [0, 0.05) is 47.7 Å². The van der Waals surface area contributed by atoms with Gasteiger partial charge in [0.15, 0.2) is 0 Å². The molecule has 1 N–H and O–H groups in total. The van der Waals surface area contributed by atoms with Crippen LogP contribution in [0.15, 0.2) is 34.1 Å². The first-order chi connectivity index (χ1) is 12.4. The first-order valence-corrected chi connectivity index (χ1v) is 10.0. The molecular weight excluding hydrogens is 454 g/mol. The Morgan fingerprint density at radius 1 is 1.37 bits per heavy atom. The Kier molecular flexibility index (Phi) is 7.39. The Bertz CT molecular complexity index is 828. The number of nitro benzene ring substituents is 1. The molecule has 0 spiro atoms. The number of nitro groups is 1. The minimum Gasteiger partial charge on any atom is -0.351 e. The van der Waals surface area contributed by atoms with E-state index < -0.39 is 4.92 Å². The predicted octanol–water partition coefficient (Wildman–Crippen LogP) is 4.58. The summed E-state index contributed by atoms with van der Waals surface area (Å²) in [5, 5.41) is 13.6. The van der Waals surface area contributed by atoms with Crippen LogP contribution in [0.2, 0.25) is 0 Å². The number of nitrogens with one attached hydrogen (secondary N) is 1. The zero-order valence-corrected chi connectivity index (χ0v) is 18.2. The van der Waals surface area contributed by atoms with Crippen LogP contribution in [0.4, 0.5) is 5.69 Å². The molecule has 0 unspecified atom stereocenters. The zero-order valence-electron chi connectivity index (χ0n) is 15.0. The smallest absolute Gasteiger partial charge is 0.269 e. The summed E-state index contributed by atoms with van der Waals surface area (Å²) < 4.78 is 1.16. The van der Waals surface area contributed by atoms with Crippen LogP contribution in [0.1, 0.15) is 40.7 Å². The van der Waals surface area contributed by atoms with E-state index in [9.17, 15) is 14.9 Å². The van der Waals surface area contributed by atoms with Crippen molar-refractivity contribution in [3.63, 3.8) is 0 Å². The minimum absolute atomic E-state index is 0. The van der Waals surface area contributed by atoms with Crippen molar-refractivity contribution >= 4 is 51.3 Å². The van der Waals surface area contributed by atoms with Crippen molar-refractivity contribution < 1.29 is 9.72 Å². The molecule has 1 aromatic carbocycles. The molecule has 0 fully saturated rings. The standard InChI is InChI=1S/C18H20BrN3O3S.ClH/c1-11-9-14-10-16(19)26-17(14)12(2)21(11)8-7-20-18(23)13-3-5-15(6-4-13)22(24)25;/h3-6,10-12H,7-9H2,1-2H3,(H,20,23);1H/t11-,12+;/m1./s1. The van der Waals surface area contributed by atoms with Crippen molar-refractivity contribution in [2.75, 3.05) is 13.1 Å². The number of fused-ring (bicyclic) bond motifs is 1. The van der Waals surface area contributed by atoms with Gasteiger partial charge < -0.3 is 5.32 Å². The quantitative estimate of drug-likeness (QED) is 0.508. The Morgan fingerprint density at radius 2 is 2.04 bits per heavy atom. The minimum atomic E-state index is -0.474. The van der Waals surface area contributed by atoms with E-state index in [4.69, 9.17) is 0 Å². The molecule has 6 nitrogen and oxygen atoms in total. The van der Waals surface area contributed by atoms with Crippen LogP contribution in [0.5, 0.6) is 0 Å². The predicted molar refractivity (Wildman–Crippen MR) is 113 cm³/mol. The molecule has 2 atom stereocenters. The molecule has 1 aliphatic heterocycles. The molecule has 0 aliphatic carbocycles. The highest BCUT2D eigenvalue weighted by Crippen LogP contribution is 2.39. The molecule has 27 heavy (non-hydrogen) atoms. The third-order valence-electron chi connectivity index (χ3n) is 4.77. The highest BCUT2D eigenvalue weighted by Gasteiger charge is 2.30. The van der Waals surface area contributed by atoms with E-state index in [1.165, 1.54) is 34.7 Å². The molecule has 1 aliphatic rings. The lowest BCUT2D eigenvalue weighted by Crippen LogP contribution is -2.44. The normalized spacial score (nSPS) is 19.1. The largest absolute Gasteiger partial charge is 0.351 e. The Hall–Kier alpha value is -1.48. The maximum absolute atomic E-state index is 12.2. The molecule has 0 saturated heterocycles. The van der Waals surface area contributed by atoms with Crippen LogP contribution >= 0.6 is 39.7 Å². The van der Waals surface area contributed by atoms with Crippen LogP contribution in [-0.4, -0.2) is 34.9 Å². The van der Waals surface area contributed by atoms with Crippen molar-refractivity contribution in [1.82, 2.24) is 10.2 Å². The Balaban J connectivity index is 0.00000261. The van der Waals surface area contributed by atoms with Gasteiger partial charge in [0.05, 0.1) is 8.71 Å². The summed E-state index contributed by atoms with van der Waals surface area (Å²) in [7, 11) is 0. The number of nitrogens with zero attached hydrogens (tertiary/aromatic N) is 2. The van der Waals surface area contributed by atoms with E-state index in [0.29, 0.717) is 24.2 Å². The molecule has 2 heterocycles. The van der Waals surface area contributed by atoms with Gasteiger partial charge in [-0.25, -0.2) is 0 Å². The van der Waals surface area contributed by atoms with E-state index >= 15 is 0 Å². The maximum Gasteiger partial charge on any atom is 0.269 e. The maximum atomic E-state index is 12.2. The fraction of sp³-hybridized carbons (Fsp3) is 0.389. The molecule has 0 saturated carbocycles. The van der Waals surface area contributed by atoms with Gasteiger partial charge in [0.1, 0.15) is 0 Å². The van der Waals surface area contributed by atoms with Crippen LogP contribution in [0.3, 0.4) is 0 Å². The van der Waals surface area contributed by atoms with Gasteiger partial charge in [-0.05, 0) is 60.0 Å². The average molecular weight is 475 g/mol. The van der Waals surface area contributed by atoms with Gasteiger partial charge in [-0.3, -0.25) is 19.8 Å². The molecule has 0 radical (unpaired) electrons. The van der Waals surface area contributed by atoms with Gasteiger partial charge >= 0.3 is 0 Å². The monoisotopic (exact) mass is 473 g/mol. The summed E-state index contributed by atoms with van der Waals surface area (Å²) in [6.07, 6.45) is 1.01. The highest BCUT2D eigenvalue weighted by molar-refractivity contribution is 9.11. The van der Waals surface area contributed by atoms with E-state index in [0.717, 1.165) is 16.8 Å². The lowest BCUT2D eigenvalue weighted by Gasteiger charge is -2.38. The van der Waals surface area contributed by atoms with Crippen molar-refractivity contribution in [2.24, 2.45) is 0 Å². The van der Waals surface area contributed by atoms with Crippen LogP contribution in [0, 0.1) is 10.1 Å².